The second-order valence-electron chi connectivity index (χ2n) is 4.22. The van der Waals surface area contributed by atoms with Gasteiger partial charge < -0.3 is 10.3 Å². The number of nitrogens with zero attached hydrogens (tertiary/aromatic N) is 2. The third-order valence-electron chi connectivity index (χ3n) is 2.20. The van der Waals surface area contributed by atoms with Crippen molar-refractivity contribution < 1.29 is 4.52 Å². The van der Waals surface area contributed by atoms with E-state index in [0.717, 1.165) is 23.6 Å². The lowest BCUT2D eigenvalue weighted by atomic mass is 10.1. The molecule has 0 radical (unpaired) electrons. The molecule has 0 aromatic carbocycles. The lowest BCUT2D eigenvalue weighted by molar-refractivity contribution is 0.370. The van der Waals surface area contributed by atoms with Gasteiger partial charge >= 0.3 is 0 Å². The van der Waals surface area contributed by atoms with Crippen molar-refractivity contribution in [3.05, 3.63) is 30.0 Å². The molecule has 2 N–H and O–H groups in total. The zero-order valence-corrected chi connectivity index (χ0v) is 9.47. The molecule has 2 rings (SSSR count). The van der Waals surface area contributed by atoms with Crippen LogP contribution < -0.4 is 5.73 Å². The molecule has 2 aromatic rings. The van der Waals surface area contributed by atoms with Crippen LogP contribution in [0, 0.1) is 5.92 Å². The first-order chi connectivity index (χ1) is 7.65. The highest BCUT2D eigenvalue weighted by atomic mass is 16.5. The van der Waals surface area contributed by atoms with E-state index in [-0.39, 0.29) is 0 Å². The summed E-state index contributed by atoms with van der Waals surface area (Å²) in [6.45, 7) is 4.28. The summed E-state index contributed by atoms with van der Waals surface area (Å²) in [6, 6.07) is 7.39. The maximum atomic E-state index is 5.61. The van der Waals surface area contributed by atoms with Crippen LogP contribution in [0.5, 0.6) is 0 Å². The molecule has 0 unspecified atom stereocenters. The second kappa shape index (κ2) is 4.35. The molecule has 0 atom stereocenters. The molecule has 2 heterocycles. The van der Waals surface area contributed by atoms with Crippen molar-refractivity contribution in [1.82, 2.24) is 10.1 Å². The van der Waals surface area contributed by atoms with E-state index in [1.54, 1.807) is 6.07 Å². The van der Waals surface area contributed by atoms with E-state index in [4.69, 9.17) is 10.3 Å². The number of rotatable bonds is 3. The minimum absolute atomic E-state index is 0.492. The van der Waals surface area contributed by atoms with Crippen molar-refractivity contribution in [2.75, 3.05) is 5.73 Å². The Morgan fingerprint density at radius 2 is 2.12 bits per heavy atom. The lowest BCUT2D eigenvalue weighted by Crippen LogP contribution is -1.92. The molecule has 0 saturated heterocycles. The highest BCUT2D eigenvalue weighted by Crippen LogP contribution is 2.19. The number of pyridine rings is 1. The SMILES string of the molecule is CC(C)Cc1cc(-c2cccc(N)n2)no1. The van der Waals surface area contributed by atoms with Gasteiger partial charge in [-0.1, -0.05) is 25.1 Å². The average Bonchev–Trinajstić information content (AvgIpc) is 2.65. The monoisotopic (exact) mass is 217 g/mol. The molecule has 0 aliphatic carbocycles. The van der Waals surface area contributed by atoms with Gasteiger partial charge in [-0.15, -0.1) is 0 Å². The summed E-state index contributed by atoms with van der Waals surface area (Å²) in [7, 11) is 0. The fourth-order valence-electron chi connectivity index (χ4n) is 1.53. The Bertz CT molecular complexity index is 477. The van der Waals surface area contributed by atoms with Gasteiger partial charge in [-0.05, 0) is 18.1 Å². The highest BCUT2D eigenvalue weighted by Gasteiger charge is 2.09. The van der Waals surface area contributed by atoms with Crippen molar-refractivity contribution in [1.29, 1.82) is 0 Å². The Morgan fingerprint density at radius 1 is 1.31 bits per heavy atom. The van der Waals surface area contributed by atoms with Crippen molar-refractivity contribution in [2.24, 2.45) is 5.92 Å². The predicted molar refractivity (Wildman–Crippen MR) is 62.7 cm³/mol. The van der Waals surface area contributed by atoms with Crippen molar-refractivity contribution in [3.63, 3.8) is 0 Å². The van der Waals surface area contributed by atoms with Gasteiger partial charge in [0.05, 0.1) is 5.69 Å². The smallest absolute Gasteiger partial charge is 0.137 e. The van der Waals surface area contributed by atoms with Crippen LogP contribution in [0.15, 0.2) is 28.8 Å². The minimum atomic E-state index is 0.492. The summed E-state index contributed by atoms with van der Waals surface area (Å²) in [5.74, 6) is 1.93. The molecule has 84 valence electrons. The summed E-state index contributed by atoms with van der Waals surface area (Å²) in [6.07, 6.45) is 0.884. The number of hydrogen-bond donors (Lipinski definition) is 1. The molecule has 4 heteroatoms. The summed E-state index contributed by atoms with van der Waals surface area (Å²) < 4.78 is 5.24. The molecule has 16 heavy (non-hydrogen) atoms. The third-order valence-corrected chi connectivity index (χ3v) is 2.20. The van der Waals surface area contributed by atoms with Gasteiger partial charge in [-0.25, -0.2) is 4.98 Å². The fourth-order valence-corrected chi connectivity index (χ4v) is 1.53. The molecule has 0 spiro atoms. The number of nitrogen functional groups attached to an aromatic ring is 1. The Kier molecular flexibility index (Phi) is 2.90. The normalized spacial score (nSPS) is 10.9. The van der Waals surface area contributed by atoms with E-state index >= 15 is 0 Å². The molecule has 0 saturated carbocycles. The molecular formula is C12H15N3O. The fraction of sp³-hybridized carbons (Fsp3) is 0.333. The van der Waals surface area contributed by atoms with Crippen LogP contribution in [0.3, 0.4) is 0 Å². The van der Waals surface area contributed by atoms with Crippen molar-refractivity contribution in [3.8, 4) is 11.4 Å². The van der Waals surface area contributed by atoms with Gasteiger partial charge in [0, 0.05) is 12.5 Å². The van der Waals surface area contributed by atoms with Gasteiger partial charge in [-0.2, -0.15) is 0 Å². The first-order valence-corrected chi connectivity index (χ1v) is 5.33. The molecule has 4 nitrogen and oxygen atoms in total. The Morgan fingerprint density at radius 3 is 2.81 bits per heavy atom. The summed E-state index contributed by atoms with van der Waals surface area (Å²) in [5.41, 5.74) is 7.10. The standard InChI is InChI=1S/C12H15N3O/c1-8(2)6-9-7-11(15-16-9)10-4-3-5-12(13)14-10/h3-5,7-8H,6H2,1-2H3,(H2,13,14). The van der Waals surface area contributed by atoms with Gasteiger partial charge in [-0.3, -0.25) is 0 Å². The maximum absolute atomic E-state index is 5.61. The van der Waals surface area contributed by atoms with Gasteiger partial charge in [0.25, 0.3) is 0 Å². The van der Waals surface area contributed by atoms with Crippen LogP contribution >= 0.6 is 0 Å². The zero-order valence-electron chi connectivity index (χ0n) is 9.47. The number of nitrogens with two attached hydrogens (primary N) is 1. The Hall–Kier alpha value is -1.84. The summed E-state index contributed by atoms with van der Waals surface area (Å²) in [5, 5.41) is 3.99. The van der Waals surface area contributed by atoms with Crippen molar-refractivity contribution >= 4 is 5.82 Å². The second-order valence-corrected chi connectivity index (χ2v) is 4.22. The van der Waals surface area contributed by atoms with E-state index in [2.05, 4.69) is 24.0 Å². The van der Waals surface area contributed by atoms with Crippen LogP contribution in [0.25, 0.3) is 11.4 Å². The number of aromatic nitrogens is 2. The molecule has 0 fully saturated rings. The van der Waals surface area contributed by atoms with Gasteiger partial charge in [0.1, 0.15) is 17.3 Å². The molecule has 0 bridgehead atoms. The molecule has 0 aliphatic rings. The quantitative estimate of drug-likeness (QED) is 0.857. The Balaban J connectivity index is 2.24. The molecule has 2 aromatic heterocycles. The van der Waals surface area contributed by atoms with Crippen LogP contribution in [0.4, 0.5) is 5.82 Å². The molecule has 0 amide bonds. The molecular weight excluding hydrogens is 202 g/mol. The maximum Gasteiger partial charge on any atom is 0.137 e. The first kappa shape index (κ1) is 10.7. The Labute approximate surface area is 94.5 Å². The lowest BCUT2D eigenvalue weighted by Gasteiger charge is -1.97. The van der Waals surface area contributed by atoms with E-state index < -0.39 is 0 Å². The van der Waals surface area contributed by atoms with Crippen LogP contribution in [-0.4, -0.2) is 10.1 Å². The van der Waals surface area contributed by atoms with Crippen LogP contribution in [0.2, 0.25) is 0 Å². The van der Waals surface area contributed by atoms with Crippen LogP contribution in [-0.2, 0) is 6.42 Å². The summed E-state index contributed by atoms with van der Waals surface area (Å²) in [4.78, 5) is 4.19. The number of hydrogen-bond acceptors (Lipinski definition) is 4. The third kappa shape index (κ3) is 2.39. The minimum Gasteiger partial charge on any atom is -0.384 e. The van der Waals surface area contributed by atoms with Crippen molar-refractivity contribution in [2.45, 2.75) is 20.3 Å². The van der Waals surface area contributed by atoms with Gasteiger partial charge in [0.2, 0.25) is 0 Å². The average molecular weight is 217 g/mol. The largest absolute Gasteiger partial charge is 0.384 e. The number of anilines is 1. The first-order valence-electron chi connectivity index (χ1n) is 5.33. The summed E-state index contributed by atoms with van der Waals surface area (Å²) >= 11 is 0. The molecule has 0 aliphatic heterocycles. The van der Waals surface area contributed by atoms with Gasteiger partial charge in [0.15, 0.2) is 0 Å². The predicted octanol–water partition coefficient (Wildman–Crippen LogP) is 2.52. The highest BCUT2D eigenvalue weighted by molar-refractivity contribution is 5.55. The van der Waals surface area contributed by atoms with E-state index in [1.807, 2.05) is 18.2 Å². The van der Waals surface area contributed by atoms with Crippen LogP contribution in [0.1, 0.15) is 19.6 Å². The van der Waals surface area contributed by atoms with E-state index in [9.17, 15) is 0 Å². The van der Waals surface area contributed by atoms with E-state index in [1.165, 1.54) is 0 Å². The zero-order chi connectivity index (χ0) is 11.5. The van der Waals surface area contributed by atoms with E-state index in [0.29, 0.717) is 11.7 Å². The topological polar surface area (TPSA) is 64.9 Å².